The minimum Gasteiger partial charge on any atom is -0.466 e. The lowest BCUT2D eigenvalue weighted by atomic mass is 9.82. The Morgan fingerprint density at radius 2 is 1.85 bits per heavy atom. The Kier molecular flexibility index (Phi) is 6.39. The summed E-state index contributed by atoms with van der Waals surface area (Å²) in [6.07, 6.45) is -0.287. The highest BCUT2D eigenvalue weighted by Gasteiger charge is 2.38. The smallest absolute Gasteiger partial charge is 0.338 e. The molecule has 0 saturated carbocycles. The third-order valence-corrected chi connectivity index (χ3v) is 3.74. The van der Waals surface area contributed by atoms with Gasteiger partial charge in [-0.15, -0.1) is 0 Å². The van der Waals surface area contributed by atoms with Crippen molar-refractivity contribution in [3.8, 4) is 6.07 Å². The zero-order chi connectivity index (χ0) is 19.1. The van der Waals surface area contributed by atoms with Crippen LogP contribution in [0.1, 0.15) is 31.7 Å². The number of carbonyl (C=O) groups is 2. The van der Waals surface area contributed by atoms with E-state index in [9.17, 15) is 14.9 Å². The van der Waals surface area contributed by atoms with Gasteiger partial charge in [-0.25, -0.2) is 4.79 Å². The summed E-state index contributed by atoms with van der Waals surface area (Å²) in [5, 5.41) is 9.54. The lowest BCUT2D eigenvalue weighted by molar-refractivity contribution is -0.143. The molecule has 0 fully saturated rings. The van der Waals surface area contributed by atoms with Crippen LogP contribution in [0.4, 0.5) is 0 Å². The van der Waals surface area contributed by atoms with Gasteiger partial charge in [-0.1, -0.05) is 30.3 Å². The molecule has 0 spiro atoms. The second-order valence-electron chi connectivity index (χ2n) is 5.37. The molecule has 7 heteroatoms. The minimum atomic E-state index is -0.779. The molecule has 0 bridgehead atoms. The van der Waals surface area contributed by atoms with Crippen molar-refractivity contribution >= 4 is 11.9 Å². The van der Waals surface area contributed by atoms with E-state index >= 15 is 0 Å². The van der Waals surface area contributed by atoms with Crippen LogP contribution < -0.4 is 5.73 Å². The number of hydrogen-bond acceptors (Lipinski definition) is 7. The second kappa shape index (κ2) is 8.72. The fourth-order valence-corrected chi connectivity index (χ4v) is 2.70. The highest BCUT2D eigenvalue weighted by Crippen LogP contribution is 2.40. The largest absolute Gasteiger partial charge is 0.466 e. The van der Waals surface area contributed by atoms with Crippen LogP contribution in [0.15, 0.2) is 53.1 Å². The molecule has 26 heavy (non-hydrogen) atoms. The Hall–Kier alpha value is -3.27. The summed E-state index contributed by atoms with van der Waals surface area (Å²) in [7, 11) is 0. The van der Waals surface area contributed by atoms with Crippen molar-refractivity contribution in [1.82, 2.24) is 0 Å². The minimum absolute atomic E-state index is 0.0345. The van der Waals surface area contributed by atoms with Gasteiger partial charge in [0.15, 0.2) is 0 Å². The Labute approximate surface area is 151 Å². The molecule has 0 amide bonds. The zero-order valence-electron chi connectivity index (χ0n) is 14.7. The molecule has 0 unspecified atom stereocenters. The zero-order valence-corrected chi connectivity index (χ0v) is 14.7. The van der Waals surface area contributed by atoms with Gasteiger partial charge in [0.2, 0.25) is 5.88 Å². The Balaban J connectivity index is 2.60. The normalized spacial score (nSPS) is 16.6. The van der Waals surface area contributed by atoms with E-state index in [0.29, 0.717) is 5.56 Å². The molecular weight excluding hydrogens is 336 g/mol. The quantitative estimate of drug-likeness (QED) is 0.778. The van der Waals surface area contributed by atoms with Crippen LogP contribution >= 0.6 is 0 Å². The summed E-state index contributed by atoms with van der Waals surface area (Å²) in [6, 6.07) is 10.9. The Morgan fingerprint density at radius 1 is 1.19 bits per heavy atom. The van der Waals surface area contributed by atoms with Crippen LogP contribution in [0, 0.1) is 11.3 Å². The van der Waals surface area contributed by atoms with Crippen LogP contribution in [0.5, 0.6) is 0 Å². The average Bonchev–Trinajstić information content (AvgIpc) is 2.62. The van der Waals surface area contributed by atoms with E-state index in [0.717, 1.165) is 0 Å². The van der Waals surface area contributed by atoms with Gasteiger partial charge < -0.3 is 19.9 Å². The number of benzene rings is 1. The summed E-state index contributed by atoms with van der Waals surface area (Å²) in [6.45, 7) is 3.67. The molecule has 1 aliphatic heterocycles. The van der Waals surface area contributed by atoms with Crippen molar-refractivity contribution in [1.29, 1.82) is 5.26 Å². The predicted molar refractivity (Wildman–Crippen MR) is 92.0 cm³/mol. The molecule has 1 aliphatic rings. The number of carbonyl (C=O) groups excluding carboxylic acids is 2. The Morgan fingerprint density at radius 3 is 2.42 bits per heavy atom. The molecular formula is C19H20N2O5. The first-order valence-electron chi connectivity index (χ1n) is 8.21. The second-order valence-corrected chi connectivity index (χ2v) is 5.37. The van der Waals surface area contributed by atoms with Crippen molar-refractivity contribution in [3.63, 3.8) is 0 Å². The van der Waals surface area contributed by atoms with Crippen molar-refractivity contribution in [2.24, 2.45) is 5.73 Å². The van der Waals surface area contributed by atoms with Gasteiger partial charge in [-0.05, 0) is 19.4 Å². The van der Waals surface area contributed by atoms with E-state index in [4.69, 9.17) is 19.9 Å². The summed E-state index contributed by atoms with van der Waals surface area (Å²) in [5.74, 6) is -2.12. The SMILES string of the molecule is CCOC(=O)CC1=C(C(=O)OCC)[C@@H](c2ccccc2)C(C#N)=C(N)O1. The molecule has 1 aromatic rings. The lowest BCUT2D eigenvalue weighted by Gasteiger charge is -2.27. The maximum Gasteiger partial charge on any atom is 0.338 e. The molecule has 1 atom stereocenters. The molecule has 0 radical (unpaired) electrons. The van der Waals surface area contributed by atoms with Gasteiger partial charge in [-0.2, -0.15) is 5.26 Å². The van der Waals surface area contributed by atoms with Gasteiger partial charge in [0.1, 0.15) is 23.8 Å². The third-order valence-electron chi connectivity index (χ3n) is 3.74. The first-order chi connectivity index (χ1) is 12.5. The van der Waals surface area contributed by atoms with E-state index in [-0.39, 0.29) is 42.4 Å². The first kappa shape index (κ1) is 19.1. The molecule has 136 valence electrons. The van der Waals surface area contributed by atoms with E-state index in [2.05, 4.69) is 0 Å². The maximum atomic E-state index is 12.6. The number of nitrogens with two attached hydrogens (primary N) is 1. The molecule has 0 aliphatic carbocycles. The molecule has 0 aromatic heterocycles. The number of nitrogens with zero attached hydrogens (tertiary/aromatic N) is 1. The van der Waals surface area contributed by atoms with E-state index in [1.165, 1.54) is 0 Å². The number of esters is 2. The van der Waals surface area contributed by atoms with Crippen LogP contribution in [0.25, 0.3) is 0 Å². The first-order valence-corrected chi connectivity index (χ1v) is 8.21. The molecule has 2 N–H and O–H groups in total. The van der Waals surface area contributed by atoms with Crippen LogP contribution in [0.2, 0.25) is 0 Å². The standard InChI is InChI=1S/C19H20N2O5/c1-3-24-15(22)10-14-17(19(23)25-4-2)16(12-8-6-5-7-9-12)13(11-20)18(21)26-14/h5-9,16H,3-4,10,21H2,1-2H3/t16-/m0/s1. The molecule has 1 heterocycles. The third kappa shape index (κ3) is 4.03. The van der Waals surface area contributed by atoms with E-state index in [1.807, 2.05) is 12.1 Å². The maximum absolute atomic E-state index is 12.6. The number of rotatable bonds is 6. The Bertz CT molecular complexity index is 790. The molecule has 0 saturated heterocycles. The molecule has 2 rings (SSSR count). The van der Waals surface area contributed by atoms with Crippen molar-refractivity contribution in [3.05, 3.63) is 58.7 Å². The van der Waals surface area contributed by atoms with Crippen molar-refractivity contribution in [2.75, 3.05) is 13.2 Å². The summed E-state index contributed by atoms with van der Waals surface area (Å²) in [4.78, 5) is 24.5. The van der Waals surface area contributed by atoms with E-state index in [1.54, 1.807) is 38.1 Å². The van der Waals surface area contributed by atoms with Crippen molar-refractivity contribution < 1.29 is 23.8 Å². The highest BCUT2D eigenvalue weighted by molar-refractivity contribution is 5.93. The number of allylic oxidation sites excluding steroid dienone is 1. The van der Waals surface area contributed by atoms with Gasteiger partial charge in [0.05, 0.1) is 24.7 Å². The van der Waals surface area contributed by atoms with Gasteiger partial charge in [0.25, 0.3) is 0 Å². The van der Waals surface area contributed by atoms with Gasteiger partial charge >= 0.3 is 11.9 Å². The molecule has 7 nitrogen and oxygen atoms in total. The monoisotopic (exact) mass is 356 g/mol. The summed E-state index contributed by atoms with van der Waals surface area (Å²) >= 11 is 0. The van der Waals surface area contributed by atoms with Gasteiger partial charge in [-0.3, -0.25) is 4.79 Å². The van der Waals surface area contributed by atoms with Crippen LogP contribution in [0.3, 0.4) is 0 Å². The number of ether oxygens (including phenoxy) is 3. The number of hydrogen-bond donors (Lipinski definition) is 1. The fraction of sp³-hybridized carbons (Fsp3) is 0.316. The predicted octanol–water partition coefficient (Wildman–Crippen LogP) is 2.26. The van der Waals surface area contributed by atoms with E-state index < -0.39 is 17.9 Å². The van der Waals surface area contributed by atoms with Crippen molar-refractivity contribution in [2.45, 2.75) is 26.2 Å². The number of nitriles is 1. The average molecular weight is 356 g/mol. The highest BCUT2D eigenvalue weighted by atomic mass is 16.5. The van der Waals surface area contributed by atoms with Gasteiger partial charge in [0, 0.05) is 0 Å². The summed E-state index contributed by atoms with van der Waals surface area (Å²) in [5.41, 5.74) is 6.73. The topological polar surface area (TPSA) is 112 Å². The fourth-order valence-electron chi connectivity index (χ4n) is 2.70. The summed E-state index contributed by atoms with van der Waals surface area (Å²) < 4.78 is 15.5. The van der Waals surface area contributed by atoms with Crippen LogP contribution in [-0.2, 0) is 23.8 Å². The lowest BCUT2D eigenvalue weighted by Crippen LogP contribution is -2.27. The molecule has 1 aromatic carbocycles. The van der Waals surface area contributed by atoms with Crippen LogP contribution in [-0.4, -0.2) is 25.2 Å².